The van der Waals surface area contributed by atoms with Gasteiger partial charge in [0.05, 0.1) is 0 Å². The van der Waals surface area contributed by atoms with Crippen LogP contribution < -0.4 is 10.1 Å². The van der Waals surface area contributed by atoms with E-state index in [1.54, 1.807) is 37.3 Å². The van der Waals surface area contributed by atoms with Crippen molar-refractivity contribution in [2.75, 3.05) is 11.9 Å². The molecule has 0 aliphatic heterocycles. The maximum absolute atomic E-state index is 13.5. The topological polar surface area (TPSA) is 75.6 Å². The van der Waals surface area contributed by atoms with Gasteiger partial charge in [0, 0.05) is 28.4 Å². The monoisotopic (exact) mass is 443 g/mol. The second-order valence-electron chi connectivity index (χ2n) is 7.75. The summed E-state index contributed by atoms with van der Waals surface area (Å²) in [6, 6.07) is 21.3. The van der Waals surface area contributed by atoms with Gasteiger partial charge in [0.1, 0.15) is 23.9 Å². The van der Waals surface area contributed by atoms with Crippen molar-refractivity contribution in [3.05, 3.63) is 101 Å². The molecule has 0 fully saturated rings. The minimum absolute atomic E-state index is 0.131. The number of phenolic OH excluding ortho intramolecular Hbond substituents is 1. The number of aryl methyl sites for hydroxylation is 1. The largest absolute Gasteiger partial charge is 0.508 e. The predicted molar refractivity (Wildman–Crippen MR) is 125 cm³/mol. The van der Waals surface area contributed by atoms with E-state index in [4.69, 9.17) is 4.74 Å². The van der Waals surface area contributed by atoms with E-state index >= 15 is 0 Å². The fourth-order valence-electron chi connectivity index (χ4n) is 3.53. The van der Waals surface area contributed by atoms with E-state index in [2.05, 4.69) is 5.32 Å². The molecule has 4 rings (SSSR count). The number of fused-ring (bicyclic) bond motifs is 1. The molecule has 0 atom stereocenters. The highest BCUT2D eigenvalue weighted by Gasteiger charge is 2.13. The van der Waals surface area contributed by atoms with Gasteiger partial charge >= 0.3 is 0 Å². The highest BCUT2D eigenvalue weighted by Crippen LogP contribution is 2.32. The number of amides is 1. The highest BCUT2D eigenvalue weighted by atomic mass is 19.1. The number of benzene rings is 4. The van der Waals surface area contributed by atoms with Gasteiger partial charge in [0.2, 0.25) is 0 Å². The van der Waals surface area contributed by atoms with Crippen LogP contribution in [-0.4, -0.2) is 23.4 Å². The number of nitrogens with one attached hydrogen (secondary N) is 1. The van der Waals surface area contributed by atoms with Gasteiger partial charge in [0.15, 0.2) is 5.78 Å². The van der Waals surface area contributed by atoms with Crippen molar-refractivity contribution < 1.29 is 23.8 Å². The Labute approximate surface area is 190 Å². The van der Waals surface area contributed by atoms with Crippen molar-refractivity contribution in [3.63, 3.8) is 0 Å². The maximum atomic E-state index is 13.5. The van der Waals surface area contributed by atoms with E-state index in [0.29, 0.717) is 17.0 Å². The van der Waals surface area contributed by atoms with Gasteiger partial charge in [0.25, 0.3) is 5.91 Å². The molecule has 4 aromatic carbocycles. The lowest BCUT2D eigenvalue weighted by Gasteiger charge is -2.13. The Balaban J connectivity index is 1.49. The smallest absolute Gasteiger partial charge is 0.255 e. The predicted octanol–water partition coefficient (Wildman–Crippen LogP) is 5.44. The summed E-state index contributed by atoms with van der Waals surface area (Å²) in [6.07, 6.45) is 0.146. The summed E-state index contributed by atoms with van der Waals surface area (Å²) in [4.78, 5) is 25.0. The summed E-state index contributed by atoms with van der Waals surface area (Å²) in [5, 5.41) is 14.1. The molecule has 6 heteroatoms. The summed E-state index contributed by atoms with van der Waals surface area (Å²) in [5.74, 6) is -0.380. The first-order chi connectivity index (χ1) is 15.9. The van der Waals surface area contributed by atoms with Crippen LogP contribution in [0.4, 0.5) is 10.1 Å². The molecule has 0 saturated carbocycles. The maximum Gasteiger partial charge on any atom is 0.255 e. The van der Waals surface area contributed by atoms with Gasteiger partial charge in [-0.15, -0.1) is 0 Å². The molecular formula is C27H22FNO4. The molecule has 0 unspecified atom stereocenters. The molecule has 1 amide bonds. The summed E-state index contributed by atoms with van der Waals surface area (Å²) in [5.41, 5.74) is 2.23. The van der Waals surface area contributed by atoms with E-state index in [-0.39, 0.29) is 30.1 Å². The van der Waals surface area contributed by atoms with Crippen LogP contribution in [0.25, 0.3) is 10.8 Å². The van der Waals surface area contributed by atoms with Crippen molar-refractivity contribution in [1.29, 1.82) is 0 Å². The van der Waals surface area contributed by atoms with Crippen LogP contribution in [0.2, 0.25) is 0 Å². The van der Waals surface area contributed by atoms with Crippen LogP contribution in [-0.2, 0) is 11.2 Å². The number of ether oxygens (including phenoxy) is 1. The number of ketones is 1. The quantitative estimate of drug-likeness (QED) is 0.399. The van der Waals surface area contributed by atoms with E-state index in [1.807, 2.05) is 24.3 Å². The molecule has 0 aromatic heterocycles. The summed E-state index contributed by atoms with van der Waals surface area (Å²) < 4.78 is 19.3. The Morgan fingerprint density at radius 1 is 0.939 bits per heavy atom. The van der Waals surface area contributed by atoms with Crippen LogP contribution >= 0.6 is 0 Å². The molecule has 0 bridgehead atoms. The third kappa shape index (κ3) is 5.18. The zero-order chi connectivity index (χ0) is 23.4. The first-order valence-electron chi connectivity index (χ1n) is 10.4. The third-order valence-electron chi connectivity index (χ3n) is 5.28. The van der Waals surface area contributed by atoms with Crippen molar-refractivity contribution in [3.8, 4) is 11.5 Å². The number of hydrogen-bond acceptors (Lipinski definition) is 4. The van der Waals surface area contributed by atoms with Crippen molar-refractivity contribution in [2.24, 2.45) is 0 Å². The Morgan fingerprint density at radius 3 is 2.48 bits per heavy atom. The van der Waals surface area contributed by atoms with E-state index < -0.39 is 11.7 Å². The van der Waals surface area contributed by atoms with Gasteiger partial charge in [-0.05, 0) is 54.4 Å². The van der Waals surface area contributed by atoms with E-state index in [0.717, 1.165) is 16.3 Å². The standard InChI is InChI=1S/C27H22FNO4/c1-17-9-10-18(14-25(17)31)13-21(30)16-33-26-12-11-24(22-7-2-3-8-23(22)26)29-27(32)19-5-4-6-20(28)15-19/h2-12,14-15,31H,13,16H2,1H3,(H,29,32). The molecule has 2 N–H and O–H groups in total. The van der Waals surface area contributed by atoms with Crippen LogP contribution in [0.15, 0.2) is 78.9 Å². The number of phenols is 1. The number of hydrogen-bond donors (Lipinski definition) is 2. The average molecular weight is 443 g/mol. The molecule has 5 nitrogen and oxygen atoms in total. The lowest BCUT2D eigenvalue weighted by molar-refractivity contribution is -0.120. The lowest BCUT2D eigenvalue weighted by atomic mass is 10.1. The lowest BCUT2D eigenvalue weighted by Crippen LogP contribution is -2.14. The van der Waals surface area contributed by atoms with Gasteiger partial charge in [-0.25, -0.2) is 4.39 Å². The van der Waals surface area contributed by atoms with Gasteiger partial charge in [-0.2, -0.15) is 0 Å². The molecule has 4 aromatic rings. The number of anilines is 1. The number of halogens is 1. The van der Waals surface area contributed by atoms with E-state index in [1.165, 1.54) is 24.3 Å². The molecule has 0 aliphatic carbocycles. The number of carbonyl (C=O) groups is 2. The Morgan fingerprint density at radius 2 is 1.73 bits per heavy atom. The first kappa shape index (κ1) is 22.0. The molecule has 0 radical (unpaired) electrons. The average Bonchev–Trinajstić information content (AvgIpc) is 2.81. The fourth-order valence-corrected chi connectivity index (χ4v) is 3.53. The second-order valence-corrected chi connectivity index (χ2v) is 7.75. The normalized spacial score (nSPS) is 10.7. The number of carbonyl (C=O) groups excluding carboxylic acids is 2. The third-order valence-corrected chi connectivity index (χ3v) is 5.28. The zero-order valence-electron chi connectivity index (χ0n) is 18.0. The van der Waals surface area contributed by atoms with Gasteiger partial charge in [-0.1, -0.05) is 42.5 Å². The Kier molecular flexibility index (Phi) is 6.36. The molecule has 0 aliphatic rings. The fraction of sp³-hybridized carbons (Fsp3) is 0.111. The molecule has 0 spiro atoms. The number of aromatic hydroxyl groups is 1. The molecule has 33 heavy (non-hydrogen) atoms. The summed E-state index contributed by atoms with van der Waals surface area (Å²) >= 11 is 0. The van der Waals surface area contributed by atoms with Crippen LogP contribution in [0, 0.1) is 12.7 Å². The minimum Gasteiger partial charge on any atom is -0.508 e. The van der Waals surface area contributed by atoms with E-state index in [9.17, 15) is 19.1 Å². The molecule has 166 valence electrons. The van der Waals surface area contributed by atoms with Crippen molar-refractivity contribution >= 4 is 28.2 Å². The van der Waals surface area contributed by atoms with Gasteiger partial charge in [-0.3, -0.25) is 9.59 Å². The van der Waals surface area contributed by atoms with Crippen molar-refractivity contribution in [1.82, 2.24) is 0 Å². The Bertz CT molecular complexity index is 1350. The number of rotatable bonds is 7. The first-order valence-corrected chi connectivity index (χ1v) is 10.4. The van der Waals surface area contributed by atoms with Crippen molar-refractivity contribution in [2.45, 2.75) is 13.3 Å². The highest BCUT2D eigenvalue weighted by molar-refractivity contribution is 6.10. The summed E-state index contributed by atoms with van der Waals surface area (Å²) in [6.45, 7) is 1.66. The molecular weight excluding hydrogens is 421 g/mol. The van der Waals surface area contributed by atoms with Crippen LogP contribution in [0.1, 0.15) is 21.5 Å². The van der Waals surface area contributed by atoms with Crippen LogP contribution in [0.3, 0.4) is 0 Å². The zero-order valence-corrected chi connectivity index (χ0v) is 18.0. The molecule has 0 saturated heterocycles. The molecule has 0 heterocycles. The Hall–Kier alpha value is -4.19. The summed E-state index contributed by atoms with van der Waals surface area (Å²) in [7, 11) is 0. The SMILES string of the molecule is Cc1ccc(CC(=O)COc2ccc(NC(=O)c3cccc(F)c3)c3ccccc23)cc1O. The van der Waals surface area contributed by atoms with Gasteiger partial charge < -0.3 is 15.2 Å². The second kappa shape index (κ2) is 9.53. The van der Waals surface area contributed by atoms with Crippen LogP contribution in [0.5, 0.6) is 11.5 Å². The minimum atomic E-state index is -0.484. The number of Topliss-reactive ketones (excluding diaryl/α,β-unsaturated/α-hetero) is 1.